The van der Waals surface area contributed by atoms with Crippen molar-refractivity contribution in [3.05, 3.63) is 31.9 Å². The van der Waals surface area contributed by atoms with Crippen molar-refractivity contribution in [2.75, 3.05) is 24.5 Å². The molecule has 0 aliphatic carbocycles. The molecule has 1 heterocycles. The van der Waals surface area contributed by atoms with Crippen LogP contribution in [-0.4, -0.2) is 24.6 Å². The van der Waals surface area contributed by atoms with E-state index in [0.717, 1.165) is 35.2 Å². The maximum atomic E-state index is 11.1. The zero-order chi connectivity index (χ0) is 13.1. The maximum Gasteiger partial charge on any atom is 0.293 e. The summed E-state index contributed by atoms with van der Waals surface area (Å²) >= 11 is 2.09. The first-order valence-electron chi connectivity index (χ1n) is 6.00. The summed E-state index contributed by atoms with van der Waals surface area (Å²) in [6.45, 7) is 2.34. The molecule has 1 aromatic carbocycles. The molecular weight excluding hydrogens is 345 g/mol. The van der Waals surface area contributed by atoms with Crippen LogP contribution in [0.5, 0.6) is 0 Å². The first kappa shape index (κ1) is 13.5. The van der Waals surface area contributed by atoms with Crippen LogP contribution >= 0.6 is 22.6 Å². The summed E-state index contributed by atoms with van der Waals surface area (Å²) in [6, 6.07) is 5.38. The van der Waals surface area contributed by atoms with Gasteiger partial charge in [-0.25, -0.2) is 0 Å². The molecule has 0 aromatic heterocycles. The lowest BCUT2D eigenvalue weighted by Crippen LogP contribution is -2.38. The van der Waals surface area contributed by atoms with Crippen LogP contribution in [-0.2, 0) is 0 Å². The summed E-state index contributed by atoms with van der Waals surface area (Å²) in [5, 5.41) is 11.1. The molecule has 0 saturated carbocycles. The van der Waals surface area contributed by atoms with Crippen molar-refractivity contribution in [2.45, 2.75) is 12.8 Å². The quantitative estimate of drug-likeness (QED) is 0.510. The highest BCUT2D eigenvalue weighted by atomic mass is 127. The Labute approximate surface area is 120 Å². The number of halogens is 1. The van der Waals surface area contributed by atoms with E-state index >= 15 is 0 Å². The van der Waals surface area contributed by atoms with Gasteiger partial charge >= 0.3 is 0 Å². The Hall–Kier alpha value is -0.890. The Morgan fingerprint density at radius 1 is 1.56 bits per heavy atom. The van der Waals surface area contributed by atoms with E-state index in [2.05, 4.69) is 27.5 Å². The summed E-state index contributed by atoms with van der Waals surface area (Å²) in [6.07, 6.45) is 2.16. The number of benzene rings is 1. The van der Waals surface area contributed by atoms with Crippen LogP contribution in [0.1, 0.15) is 12.8 Å². The van der Waals surface area contributed by atoms with Gasteiger partial charge < -0.3 is 10.6 Å². The smallest absolute Gasteiger partial charge is 0.293 e. The molecule has 0 bridgehead atoms. The molecule has 2 N–H and O–H groups in total. The van der Waals surface area contributed by atoms with Crippen molar-refractivity contribution in [2.24, 2.45) is 11.7 Å². The van der Waals surface area contributed by atoms with Gasteiger partial charge in [-0.1, -0.05) is 0 Å². The van der Waals surface area contributed by atoms with Crippen LogP contribution in [0.4, 0.5) is 11.4 Å². The van der Waals surface area contributed by atoms with Crippen molar-refractivity contribution < 1.29 is 4.92 Å². The van der Waals surface area contributed by atoms with Crippen molar-refractivity contribution >= 4 is 34.0 Å². The van der Waals surface area contributed by atoms with Gasteiger partial charge in [0.25, 0.3) is 5.69 Å². The Bertz CT molecular complexity index is 453. The Balaban J connectivity index is 2.29. The highest BCUT2D eigenvalue weighted by Gasteiger charge is 2.24. The lowest BCUT2D eigenvalue weighted by molar-refractivity contribution is -0.384. The number of nitro benzene ring substituents is 1. The molecule has 0 spiro atoms. The molecule has 98 valence electrons. The van der Waals surface area contributed by atoms with E-state index < -0.39 is 0 Å². The average molecular weight is 361 g/mol. The van der Waals surface area contributed by atoms with Crippen LogP contribution in [0.2, 0.25) is 0 Å². The van der Waals surface area contributed by atoms with E-state index in [0.29, 0.717) is 12.5 Å². The fraction of sp³-hybridized carbons (Fsp3) is 0.500. The first-order valence-corrected chi connectivity index (χ1v) is 7.08. The number of nitrogens with two attached hydrogens (primary N) is 1. The lowest BCUT2D eigenvalue weighted by atomic mass is 9.97. The second-order valence-corrected chi connectivity index (χ2v) is 5.83. The molecule has 5 nitrogen and oxygen atoms in total. The minimum atomic E-state index is -0.302. The zero-order valence-electron chi connectivity index (χ0n) is 10.0. The van der Waals surface area contributed by atoms with Gasteiger partial charge in [0.2, 0.25) is 0 Å². The standard InChI is InChI=1S/C12H16IN3O2/c13-10-3-4-11(12(6-10)16(17)18)15-5-1-2-9(7-14)8-15/h3-4,6,9H,1-2,5,7-8,14H2. The van der Waals surface area contributed by atoms with Gasteiger partial charge in [0, 0.05) is 22.7 Å². The minimum Gasteiger partial charge on any atom is -0.366 e. The molecule has 1 saturated heterocycles. The number of hydrogen-bond donors (Lipinski definition) is 1. The van der Waals surface area contributed by atoms with Crippen LogP contribution < -0.4 is 10.6 Å². The Morgan fingerprint density at radius 2 is 2.33 bits per heavy atom. The molecule has 0 amide bonds. The minimum absolute atomic E-state index is 0.194. The largest absolute Gasteiger partial charge is 0.366 e. The monoisotopic (exact) mass is 361 g/mol. The van der Waals surface area contributed by atoms with Crippen LogP contribution in [0.3, 0.4) is 0 Å². The van der Waals surface area contributed by atoms with Crippen molar-refractivity contribution in [3.8, 4) is 0 Å². The first-order chi connectivity index (χ1) is 8.61. The summed E-state index contributed by atoms with van der Waals surface area (Å²) < 4.78 is 0.885. The van der Waals surface area contributed by atoms with E-state index in [1.807, 2.05) is 12.1 Å². The molecular formula is C12H16IN3O2. The second-order valence-electron chi connectivity index (χ2n) is 4.58. The van der Waals surface area contributed by atoms with E-state index in [1.165, 1.54) is 0 Å². The third kappa shape index (κ3) is 2.92. The van der Waals surface area contributed by atoms with Gasteiger partial charge in [-0.2, -0.15) is 0 Å². The number of nitro groups is 1. The van der Waals surface area contributed by atoms with Gasteiger partial charge in [0.05, 0.1) is 4.92 Å². The number of nitrogens with zero attached hydrogens (tertiary/aromatic N) is 2. The predicted octanol–water partition coefficient (Wildman–Crippen LogP) is 2.37. The van der Waals surface area contributed by atoms with Crippen LogP contribution in [0, 0.1) is 19.6 Å². The SMILES string of the molecule is NCC1CCCN(c2ccc(I)cc2[N+](=O)[O-])C1. The normalized spacial score (nSPS) is 19.9. The molecule has 1 unspecified atom stereocenters. The summed E-state index contributed by atoms with van der Waals surface area (Å²) in [7, 11) is 0. The Morgan fingerprint density at radius 3 is 3.00 bits per heavy atom. The average Bonchev–Trinajstić information content (AvgIpc) is 2.38. The predicted molar refractivity (Wildman–Crippen MR) is 79.8 cm³/mol. The third-order valence-corrected chi connectivity index (χ3v) is 4.00. The highest BCUT2D eigenvalue weighted by Crippen LogP contribution is 2.32. The molecule has 1 aromatic rings. The number of anilines is 1. The van der Waals surface area contributed by atoms with Gasteiger partial charge in [0.1, 0.15) is 5.69 Å². The van der Waals surface area contributed by atoms with E-state index in [-0.39, 0.29) is 10.6 Å². The molecule has 1 fully saturated rings. The highest BCUT2D eigenvalue weighted by molar-refractivity contribution is 14.1. The third-order valence-electron chi connectivity index (χ3n) is 3.33. The van der Waals surface area contributed by atoms with Crippen molar-refractivity contribution in [1.82, 2.24) is 0 Å². The molecule has 1 aliphatic rings. The van der Waals surface area contributed by atoms with Gasteiger partial charge in [-0.05, 0) is 60.0 Å². The van der Waals surface area contributed by atoms with Crippen LogP contribution in [0.15, 0.2) is 18.2 Å². The zero-order valence-corrected chi connectivity index (χ0v) is 12.2. The van der Waals surface area contributed by atoms with Gasteiger partial charge in [-0.15, -0.1) is 0 Å². The molecule has 6 heteroatoms. The fourth-order valence-corrected chi connectivity index (χ4v) is 2.86. The summed E-state index contributed by atoms with van der Waals surface area (Å²) in [5.41, 5.74) is 6.62. The Kier molecular flexibility index (Phi) is 4.39. The second kappa shape index (κ2) is 5.83. The molecule has 1 aliphatic heterocycles. The van der Waals surface area contributed by atoms with Crippen molar-refractivity contribution in [3.63, 3.8) is 0 Å². The van der Waals surface area contributed by atoms with E-state index in [4.69, 9.17) is 5.73 Å². The number of piperidine rings is 1. The number of rotatable bonds is 3. The van der Waals surface area contributed by atoms with Gasteiger partial charge in [-0.3, -0.25) is 10.1 Å². The molecule has 0 radical (unpaired) electrons. The molecule has 18 heavy (non-hydrogen) atoms. The molecule has 1 atom stereocenters. The fourth-order valence-electron chi connectivity index (χ4n) is 2.39. The van der Waals surface area contributed by atoms with Crippen LogP contribution in [0.25, 0.3) is 0 Å². The topological polar surface area (TPSA) is 72.4 Å². The summed E-state index contributed by atoms with van der Waals surface area (Å²) in [4.78, 5) is 12.9. The molecule has 2 rings (SSSR count). The lowest BCUT2D eigenvalue weighted by Gasteiger charge is -2.33. The summed E-state index contributed by atoms with van der Waals surface area (Å²) in [5.74, 6) is 0.442. The van der Waals surface area contributed by atoms with E-state index in [1.54, 1.807) is 6.07 Å². The maximum absolute atomic E-state index is 11.1. The van der Waals surface area contributed by atoms with Gasteiger partial charge in [0.15, 0.2) is 0 Å². The number of hydrogen-bond acceptors (Lipinski definition) is 4. The van der Waals surface area contributed by atoms with E-state index in [9.17, 15) is 10.1 Å². The van der Waals surface area contributed by atoms with Crippen molar-refractivity contribution in [1.29, 1.82) is 0 Å².